The molecule has 2 rings (SSSR count). The Balaban J connectivity index is 2.00. The maximum atomic E-state index is 12.9. The van der Waals surface area contributed by atoms with Crippen LogP contribution >= 0.6 is 11.8 Å². The average molecular weight is 322 g/mol. The highest BCUT2D eigenvalue weighted by Crippen LogP contribution is 2.30. The largest absolute Gasteiger partial charge is 0.481 e. The number of carboxylic acids is 1. The maximum absolute atomic E-state index is 12.9. The average Bonchev–Trinajstić information content (AvgIpc) is 2.49. The molecule has 22 heavy (non-hydrogen) atoms. The van der Waals surface area contributed by atoms with Gasteiger partial charge < -0.3 is 15.6 Å². The number of hydrogen-bond acceptors (Lipinski definition) is 5. The maximum Gasteiger partial charge on any atom is 0.303 e. The van der Waals surface area contributed by atoms with E-state index in [9.17, 15) is 9.18 Å². The van der Waals surface area contributed by atoms with Crippen LogP contribution in [0.4, 0.5) is 10.2 Å². The van der Waals surface area contributed by atoms with Gasteiger partial charge in [0.25, 0.3) is 0 Å². The van der Waals surface area contributed by atoms with Crippen molar-refractivity contribution in [3.05, 3.63) is 42.3 Å². The molecule has 0 aliphatic heterocycles. The van der Waals surface area contributed by atoms with E-state index >= 15 is 0 Å². The highest BCUT2D eigenvalue weighted by molar-refractivity contribution is 7.99. The molecule has 0 radical (unpaired) electrons. The first-order valence-electron chi connectivity index (χ1n) is 6.58. The predicted octanol–water partition coefficient (Wildman–Crippen LogP) is 3.55. The lowest BCUT2D eigenvalue weighted by molar-refractivity contribution is -0.137. The molecule has 7 heteroatoms. The lowest BCUT2D eigenvalue weighted by Crippen LogP contribution is -1.97. The fraction of sp³-hybridized carbons (Fsp3) is 0.200. The second-order valence-electron chi connectivity index (χ2n) is 4.46. The number of carbonyl (C=O) groups is 1. The standard InChI is InChI=1S/C15H15FN2O3S/c16-10-3-5-11(6-4-10)21-13-8-12(9-18-15(13)17)22-7-1-2-14(19)20/h3-6,8-9H,1-2,7H2,(H2,17,18)(H,19,20). The summed E-state index contributed by atoms with van der Waals surface area (Å²) in [5.41, 5.74) is 5.76. The van der Waals surface area contributed by atoms with Crippen LogP contribution in [0.25, 0.3) is 0 Å². The molecule has 5 nitrogen and oxygen atoms in total. The molecule has 0 saturated heterocycles. The van der Waals surface area contributed by atoms with Crippen molar-refractivity contribution in [3.63, 3.8) is 0 Å². The molecule has 1 heterocycles. The van der Waals surface area contributed by atoms with Gasteiger partial charge in [-0.25, -0.2) is 9.37 Å². The van der Waals surface area contributed by atoms with E-state index in [1.54, 1.807) is 12.3 Å². The number of nitrogen functional groups attached to an aromatic ring is 1. The third-order valence-corrected chi connectivity index (χ3v) is 3.75. The molecule has 0 fully saturated rings. The van der Waals surface area contributed by atoms with Gasteiger partial charge in [0.1, 0.15) is 11.6 Å². The number of halogens is 1. The Hall–Kier alpha value is -2.28. The molecule has 0 atom stereocenters. The van der Waals surface area contributed by atoms with E-state index in [0.717, 1.165) is 4.90 Å². The molecule has 3 N–H and O–H groups in total. The highest BCUT2D eigenvalue weighted by Gasteiger charge is 2.07. The monoisotopic (exact) mass is 322 g/mol. The van der Waals surface area contributed by atoms with E-state index in [4.69, 9.17) is 15.6 Å². The normalized spacial score (nSPS) is 10.4. The summed E-state index contributed by atoms with van der Waals surface area (Å²) in [5, 5.41) is 8.59. The van der Waals surface area contributed by atoms with Gasteiger partial charge in [0.15, 0.2) is 11.6 Å². The summed E-state index contributed by atoms with van der Waals surface area (Å²) in [6.45, 7) is 0. The zero-order chi connectivity index (χ0) is 15.9. The van der Waals surface area contributed by atoms with Gasteiger partial charge in [-0.05, 0) is 42.5 Å². The number of benzene rings is 1. The zero-order valence-electron chi connectivity index (χ0n) is 11.7. The van der Waals surface area contributed by atoms with E-state index in [0.29, 0.717) is 23.7 Å². The summed E-state index contributed by atoms with van der Waals surface area (Å²) in [7, 11) is 0. The van der Waals surface area contributed by atoms with Crippen LogP contribution in [0.15, 0.2) is 41.4 Å². The first-order valence-corrected chi connectivity index (χ1v) is 7.56. The number of rotatable bonds is 7. The van der Waals surface area contributed by atoms with Crippen LogP contribution in [0.3, 0.4) is 0 Å². The first-order chi connectivity index (χ1) is 10.5. The van der Waals surface area contributed by atoms with Crippen molar-refractivity contribution in [1.82, 2.24) is 4.98 Å². The Bertz CT molecular complexity index is 650. The van der Waals surface area contributed by atoms with Crippen LogP contribution in [0.1, 0.15) is 12.8 Å². The molecule has 0 amide bonds. The Morgan fingerprint density at radius 3 is 2.77 bits per heavy atom. The molecule has 1 aromatic carbocycles. The van der Waals surface area contributed by atoms with Crippen molar-refractivity contribution in [2.45, 2.75) is 17.7 Å². The summed E-state index contributed by atoms with van der Waals surface area (Å²) in [6, 6.07) is 7.33. The third-order valence-electron chi connectivity index (χ3n) is 2.70. The Labute approximate surface area is 131 Å². The number of ether oxygens (including phenoxy) is 1. The SMILES string of the molecule is Nc1ncc(SCCCC(=O)O)cc1Oc1ccc(F)cc1. The van der Waals surface area contributed by atoms with Gasteiger partial charge in [0.05, 0.1) is 0 Å². The number of hydrogen-bond donors (Lipinski definition) is 2. The molecule has 0 spiro atoms. The van der Waals surface area contributed by atoms with Crippen molar-refractivity contribution >= 4 is 23.5 Å². The van der Waals surface area contributed by atoms with Gasteiger partial charge in [0, 0.05) is 17.5 Å². The summed E-state index contributed by atoms with van der Waals surface area (Å²) in [6.07, 6.45) is 2.31. The van der Waals surface area contributed by atoms with Crippen LogP contribution < -0.4 is 10.5 Å². The van der Waals surface area contributed by atoms with Crippen molar-refractivity contribution in [2.75, 3.05) is 11.5 Å². The van der Waals surface area contributed by atoms with Crippen molar-refractivity contribution in [1.29, 1.82) is 0 Å². The Morgan fingerprint density at radius 2 is 2.09 bits per heavy atom. The minimum absolute atomic E-state index is 0.133. The lowest BCUT2D eigenvalue weighted by atomic mass is 10.3. The van der Waals surface area contributed by atoms with Gasteiger partial charge in [-0.15, -0.1) is 11.8 Å². The van der Waals surface area contributed by atoms with E-state index in [1.165, 1.54) is 36.0 Å². The quantitative estimate of drug-likeness (QED) is 0.599. The molecule has 0 unspecified atom stereocenters. The van der Waals surface area contributed by atoms with Crippen LogP contribution in [0, 0.1) is 5.82 Å². The predicted molar refractivity (Wildman–Crippen MR) is 82.7 cm³/mol. The van der Waals surface area contributed by atoms with Crippen LogP contribution in [0.5, 0.6) is 11.5 Å². The van der Waals surface area contributed by atoms with Gasteiger partial charge >= 0.3 is 5.97 Å². The van der Waals surface area contributed by atoms with Crippen LogP contribution in [-0.4, -0.2) is 21.8 Å². The van der Waals surface area contributed by atoms with E-state index in [-0.39, 0.29) is 18.1 Å². The van der Waals surface area contributed by atoms with Crippen molar-refractivity contribution in [2.24, 2.45) is 0 Å². The molecule has 0 bridgehead atoms. The summed E-state index contributed by atoms with van der Waals surface area (Å²) >= 11 is 1.48. The number of carboxylic acid groups (broad SMARTS) is 1. The number of thioether (sulfide) groups is 1. The minimum atomic E-state index is -0.809. The summed E-state index contributed by atoms with van der Waals surface area (Å²) in [4.78, 5) is 15.3. The number of nitrogens with zero attached hydrogens (tertiary/aromatic N) is 1. The van der Waals surface area contributed by atoms with E-state index in [1.807, 2.05) is 0 Å². The Kier molecular flexibility index (Phi) is 5.60. The molecule has 1 aromatic heterocycles. The van der Waals surface area contributed by atoms with Crippen LogP contribution in [0.2, 0.25) is 0 Å². The summed E-state index contributed by atoms with van der Waals surface area (Å²) < 4.78 is 18.4. The van der Waals surface area contributed by atoms with E-state index < -0.39 is 5.97 Å². The number of anilines is 1. The molecule has 116 valence electrons. The number of aliphatic carboxylic acids is 1. The molecule has 0 aliphatic carbocycles. The first kappa shape index (κ1) is 16.1. The zero-order valence-corrected chi connectivity index (χ0v) is 12.5. The number of pyridine rings is 1. The minimum Gasteiger partial charge on any atom is -0.481 e. The number of aromatic nitrogens is 1. The lowest BCUT2D eigenvalue weighted by Gasteiger charge is -2.09. The fourth-order valence-electron chi connectivity index (χ4n) is 1.64. The van der Waals surface area contributed by atoms with Crippen molar-refractivity contribution < 1.29 is 19.0 Å². The van der Waals surface area contributed by atoms with Gasteiger partial charge in [-0.1, -0.05) is 0 Å². The van der Waals surface area contributed by atoms with E-state index in [2.05, 4.69) is 4.98 Å². The molecule has 0 saturated carbocycles. The third kappa shape index (κ3) is 4.92. The van der Waals surface area contributed by atoms with Gasteiger partial charge in [-0.3, -0.25) is 4.79 Å². The molecular formula is C15H15FN2O3S. The van der Waals surface area contributed by atoms with Crippen molar-refractivity contribution in [3.8, 4) is 11.5 Å². The molecule has 0 aliphatic rings. The number of nitrogens with two attached hydrogens (primary N) is 1. The Morgan fingerprint density at radius 1 is 1.36 bits per heavy atom. The van der Waals surface area contributed by atoms with Gasteiger partial charge in [0.2, 0.25) is 0 Å². The highest BCUT2D eigenvalue weighted by atomic mass is 32.2. The van der Waals surface area contributed by atoms with Gasteiger partial charge in [-0.2, -0.15) is 0 Å². The molecule has 2 aromatic rings. The smallest absolute Gasteiger partial charge is 0.303 e. The molecular weight excluding hydrogens is 307 g/mol. The second kappa shape index (κ2) is 7.65. The fourth-order valence-corrected chi connectivity index (χ4v) is 2.48. The second-order valence-corrected chi connectivity index (χ2v) is 5.62. The topological polar surface area (TPSA) is 85.4 Å². The summed E-state index contributed by atoms with van der Waals surface area (Å²) in [5.74, 6) is 0.586. The van der Waals surface area contributed by atoms with Crippen LogP contribution in [-0.2, 0) is 4.79 Å².